The van der Waals surface area contributed by atoms with E-state index >= 15 is 0 Å². The second-order valence-electron chi connectivity index (χ2n) is 6.72. The minimum absolute atomic E-state index is 0.00239. The molecule has 3 aromatic rings. The summed E-state index contributed by atoms with van der Waals surface area (Å²) in [5.74, 6) is 1.70. The Morgan fingerprint density at radius 3 is 2.78 bits per heavy atom. The summed E-state index contributed by atoms with van der Waals surface area (Å²) in [7, 11) is 1.63. The molecule has 1 amide bonds. The fourth-order valence-corrected chi connectivity index (χ4v) is 3.43. The molecule has 0 aliphatic carbocycles. The van der Waals surface area contributed by atoms with Crippen molar-refractivity contribution in [3.05, 3.63) is 66.4 Å². The van der Waals surface area contributed by atoms with Gasteiger partial charge in [-0.05, 0) is 29.8 Å². The molecule has 1 aliphatic rings. The van der Waals surface area contributed by atoms with E-state index in [0.717, 1.165) is 40.9 Å². The van der Waals surface area contributed by atoms with Crippen LogP contribution in [-0.4, -0.2) is 42.1 Å². The molecule has 1 aliphatic heterocycles. The van der Waals surface area contributed by atoms with Crippen molar-refractivity contribution in [2.24, 2.45) is 0 Å². The van der Waals surface area contributed by atoms with Crippen molar-refractivity contribution >= 4 is 16.8 Å². The van der Waals surface area contributed by atoms with Gasteiger partial charge >= 0.3 is 0 Å². The minimum atomic E-state index is -0.00239. The van der Waals surface area contributed by atoms with Crippen molar-refractivity contribution in [2.75, 3.05) is 20.2 Å². The Morgan fingerprint density at radius 1 is 1.15 bits per heavy atom. The lowest BCUT2D eigenvalue weighted by Crippen LogP contribution is -2.32. The first-order valence-corrected chi connectivity index (χ1v) is 9.14. The van der Waals surface area contributed by atoms with Crippen LogP contribution in [0.25, 0.3) is 10.9 Å². The van der Waals surface area contributed by atoms with Crippen LogP contribution in [0.15, 0.2) is 60.8 Å². The van der Waals surface area contributed by atoms with E-state index in [1.54, 1.807) is 13.3 Å². The minimum Gasteiger partial charge on any atom is -0.497 e. The number of ether oxygens (including phenoxy) is 2. The van der Waals surface area contributed by atoms with E-state index in [1.807, 2.05) is 59.5 Å². The highest BCUT2D eigenvalue weighted by Crippen LogP contribution is 2.26. The molecule has 5 nitrogen and oxygen atoms in total. The molecular formula is C22H22N2O3. The zero-order valence-electron chi connectivity index (χ0n) is 15.3. The zero-order valence-corrected chi connectivity index (χ0v) is 15.3. The monoisotopic (exact) mass is 362 g/mol. The van der Waals surface area contributed by atoms with E-state index in [9.17, 15) is 4.79 Å². The summed E-state index contributed by atoms with van der Waals surface area (Å²) in [6.45, 7) is 1.33. The molecule has 1 unspecified atom stereocenters. The SMILES string of the molecule is COc1ccc(CC(=O)N2CCC(Oc3cccc4cccnc34)C2)cc1. The number of nitrogens with zero attached hydrogens (tertiary/aromatic N) is 2. The van der Waals surface area contributed by atoms with Gasteiger partial charge in [0.1, 0.15) is 23.1 Å². The topological polar surface area (TPSA) is 51.7 Å². The van der Waals surface area contributed by atoms with Crippen LogP contribution in [0.3, 0.4) is 0 Å². The van der Waals surface area contributed by atoms with Crippen molar-refractivity contribution in [1.82, 2.24) is 9.88 Å². The third-order valence-corrected chi connectivity index (χ3v) is 4.90. The van der Waals surface area contributed by atoms with Gasteiger partial charge in [0, 0.05) is 24.5 Å². The molecule has 0 N–H and O–H groups in total. The second-order valence-corrected chi connectivity index (χ2v) is 6.72. The summed E-state index contributed by atoms with van der Waals surface area (Å²) in [5.41, 5.74) is 1.85. The number of pyridine rings is 1. The average molecular weight is 362 g/mol. The van der Waals surface area contributed by atoms with Gasteiger partial charge in [-0.2, -0.15) is 0 Å². The molecule has 2 heterocycles. The third kappa shape index (κ3) is 3.87. The second kappa shape index (κ2) is 7.66. The number of benzene rings is 2. The molecule has 1 saturated heterocycles. The maximum atomic E-state index is 12.6. The average Bonchev–Trinajstić information content (AvgIpc) is 3.18. The van der Waals surface area contributed by atoms with E-state index in [2.05, 4.69) is 4.98 Å². The van der Waals surface area contributed by atoms with Crippen LogP contribution in [0.4, 0.5) is 0 Å². The van der Waals surface area contributed by atoms with Gasteiger partial charge in [-0.25, -0.2) is 0 Å². The van der Waals surface area contributed by atoms with E-state index in [-0.39, 0.29) is 12.0 Å². The number of methoxy groups -OCH3 is 1. The standard InChI is InChI=1S/C22H22N2O3/c1-26-18-9-7-16(8-10-18)14-21(25)24-13-11-19(15-24)27-20-6-2-4-17-5-3-12-23-22(17)20/h2-10,12,19H,11,13-15H2,1H3. The van der Waals surface area contributed by atoms with Crippen LogP contribution in [0.5, 0.6) is 11.5 Å². The highest BCUT2D eigenvalue weighted by molar-refractivity contribution is 5.84. The van der Waals surface area contributed by atoms with E-state index < -0.39 is 0 Å². The summed E-state index contributed by atoms with van der Waals surface area (Å²) in [4.78, 5) is 18.9. The van der Waals surface area contributed by atoms with Crippen LogP contribution in [0.1, 0.15) is 12.0 Å². The van der Waals surface area contributed by atoms with Crippen molar-refractivity contribution in [1.29, 1.82) is 0 Å². The molecule has 0 spiro atoms. The Hall–Kier alpha value is -3.08. The molecule has 138 valence electrons. The maximum absolute atomic E-state index is 12.6. The number of hydrogen-bond donors (Lipinski definition) is 0. The smallest absolute Gasteiger partial charge is 0.227 e. The van der Waals surface area contributed by atoms with Crippen molar-refractivity contribution in [2.45, 2.75) is 18.9 Å². The first-order chi connectivity index (χ1) is 13.2. The number of carbonyl (C=O) groups excluding carboxylic acids is 1. The number of hydrogen-bond acceptors (Lipinski definition) is 4. The normalized spacial score (nSPS) is 16.5. The number of aromatic nitrogens is 1. The van der Waals surface area contributed by atoms with Gasteiger partial charge in [0.2, 0.25) is 5.91 Å². The lowest BCUT2D eigenvalue weighted by Gasteiger charge is -2.18. The predicted molar refractivity (Wildman–Crippen MR) is 104 cm³/mol. The molecule has 0 radical (unpaired) electrons. The quantitative estimate of drug-likeness (QED) is 0.697. The summed E-state index contributed by atoms with van der Waals surface area (Å²) in [6.07, 6.45) is 3.00. The maximum Gasteiger partial charge on any atom is 0.227 e. The number of carbonyl (C=O) groups is 1. The van der Waals surface area contributed by atoms with Crippen LogP contribution in [0, 0.1) is 0 Å². The van der Waals surface area contributed by atoms with Crippen molar-refractivity contribution in [3.63, 3.8) is 0 Å². The van der Waals surface area contributed by atoms with Gasteiger partial charge in [0.15, 0.2) is 0 Å². The molecule has 4 rings (SSSR count). The Morgan fingerprint density at radius 2 is 1.96 bits per heavy atom. The van der Waals surface area contributed by atoms with Gasteiger partial charge in [-0.15, -0.1) is 0 Å². The fraction of sp³-hybridized carbons (Fsp3) is 0.273. The number of likely N-dealkylation sites (tertiary alicyclic amines) is 1. The first kappa shape index (κ1) is 17.3. The molecule has 0 saturated carbocycles. The lowest BCUT2D eigenvalue weighted by atomic mass is 10.1. The van der Waals surface area contributed by atoms with E-state index in [4.69, 9.17) is 9.47 Å². The lowest BCUT2D eigenvalue weighted by molar-refractivity contribution is -0.129. The highest BCUT2D eigenvalue weighted by atomic mass is 16.5. The molecule has 0 bridgehead atoms. The van der Waals surface area contributed by atoms with Gasteiger partial charge in [-0.1, -0.05) is 30.3 Å². The van der Waals surface area contributed by atoms with E-state index in [1.165, 1.54) is 0 Å². The van der Waals surface area contributed by atoms with Crippen molar-refractivity contribution < 1.29 is 14.3 Å². The van der Waals surface area contributed by atoms with Gasteiger partial charge in [-0.3, -0.25) is 9.78 Å². The summed E-state index contributed by atoms with van der Waals surface area (Å²) < 4.78 is 11.3. The Kier molecular flexibility index (Phi) is 4.92. The molecule has 2 aromatic carbocycles. The fourth-order valence-electron chi connectivity index (χ4n) is 3.43. The van der Waals surface area contributed by atoms with E-state index in [0.29, 0.717) is 13.0 Å². The summed E-state index contributed by atoms with van der Waals surface area (Å²) >= 11 is 0. The molecular weight excluding hydrogens is 340 g/mol. The molecule has 1 aromatic heterocycles. The number of fused-ring (bicyclic) bond motifs is 1. The van der Waals surface area contributed by atoms with Gasteiger partial charge in [0.05, 0.1) is 20.1 Å². The zero-order chi connectivity index (χ0) is 18.6. The number of para-hydroxylation sites is 1. The molecule has 1 atom stereocenters. The van der Waals surface area contributed by atoms with Crippen molar-refractivity contribution in [3.8, 4) is 11.5 Å². The van der Waals surface area contributed by atoms with Gasteiger partial charge < -0.3 is 14.4 Å². The summed E-state index contributed by atoms with van der Waals surface area (Å²) in [5, 5.41) is 1.06. The Balaban J connectivity index is 1.38. The largest absolute Gasteiger partial charge is 0.497 e. The Bertz CT molecular complexity index is 934. The third-order valence-electron chi connectivity index (χ3n) is 4.90. The number of amides is 1. The molecule has 1 fully saturated rings. The van der Waals surface area contributed by atoms with Crippen LogP contribution in [0.2, 0.25) is 0 Å². The van der Waals surface area contributed by atoms with Crippen LogP contribution in [-0.2, 0) is 11.2 Å². The predicted octanol–water partition coefficient (Wildman–Crippen LogP) is 3.47. The highest BCUT2D eigenvalue weighted by Gasteiger charge is 2.28. The summed E-state index contributed by atoms with van der Waals surface area (Å²) in [6, 6.07) is 17.5. The van der Waals surface area contributed by atoms with Crippen LogP contribution < -0.4 is 9.47 Å². The van der Waals surface area contributed by atoms with Gasteiger partial charge in [0.25, 0.3) is 0 Å². The molecule has 5 heteroatoms. The molecule has 27 heavy (non-hydrogen) atoms. The number of rotatable bonds is 5. The van der Waals surface area contributed by atoms with Crippen LogP contribution >= 0.6 is 0 Å². The first-order valence-electron chi connectivity index (χ1n) is 9.14. The Labute approximate surface area is 158 Å².